The van der Waals surface area contributed by atoms with Crippen molar-refractivity contribution in [2.45, 2.75) is 41.5 Å². The van der Waals surface area contributed by atoms with Crippen LogP contribution in [0.4, 0.5) is 11.5 Å². The standard InChI is InChI=1S/C15H25Cl2N3Si/c1-14(2,3)10-19-12-8-7-9-18-13(12)20(21(19,16)17)11-15(4,5)6/h7-9H,10-11H2,1-6H3. The summed E-state index contributed by atoms with van der Waals surface area (Å²) in [5.74, 6) is 0.924. The zero-order chi connectivity index (χ0) is 16.1. The van der Waals surface area contributed by atoms with Crippen LogP contribution in [0, 0.1) is 10.8 Å². The maximum atomic E-state index is 6.89. The molecule has 2 heterocycles. The van der Waals surface area contributed by atoms with Gasteiger partial charge in [-0.2, -0.15) is 0 Å². The minimum atomic E-state index is -2.77. The van der Waals surface area contributed by atoms with Gasteiger partial charge >= 0.3 is 7.02 Å². The quantitative estimate of drug-likeness (QED) is 0.571. The van der Waals surface area contributed by atoms with Crippen LogP contribution in [0.2, 0.25) is 0 Å². The SMILES string of the molecule is CC(C)(C)CN1c2cccnc2N(CC(C)(C)C)[Si]1(Cl)Cl. The average Bonchev–Trinajstić information content (AvgIpc) is 2.48. The fourth-order valence-electron chi connectivity index (χ4n) is 2.52. The molecule has 0 amide bonds. The van der Waals surface area contributed by atoms with E-state index in [1.807, 2.05) is 12.3 Å². The first-order valence-electron chi connectivity index (χ1n) is 7.30. The third kappa shape index (κ3) is 3.66. The number of aromatic nitrogens is 1. The number of hydrogen-bond donors (Lipinski definition) is 0. The maximum absolute atomic E-state index is 6.89. The molecule has 0 saturated heterocycles. The van der Waals surface area contributed by atoms with Crippen LogP contribution in [0.3, 0.4) is 0 Å². The van der Waals surface area contributed by atoms with Crippen molar-refractivity contribution < 1.29 is 0 Å². The number of rotatable bonds is 2. The van der Waals surface area contributed by atoms with E-state index >= 15 is 0 Å². The predicted octanol–water partition coefficient (Wildman–Crippen LogP) is 4.71. The molecule has 21 heavy (non-hydrogen) atoms. The molecule has 1 aromatic heterocycles. The van der Waals surface area contributed by atoms with E-state index in [4.69, 9.17) is 22.2 Å². The Labute approximate surface area is 138 Å². The van der Waals surface area contributed by atoms with Crippen LogP contribution in [0.5, 0.6) is 0 Å². The summed E-state index contributed by atoms with van der Waals surface area (Å²) in [4.78, 5) is 4.55. The molecule has 0 N–H and O–H groups in total. The number of halogens is 2. The van der Waals surface area contributed by atoms with Gasteiger partial charge in [-0.05, 0) is 23.0 Å². The zero-order valence-electron chi connectivity index (χ0n) is 13.7. The monoisotopic (exact) mass is 345 g/mol. The lowest BCUT2D eigenvalue weighted by Gasteiger charge is -2.38. The molecule has 1 aromatic rings. The molecule has 1 aliphatic rings. The number of fused-ring (bicyclic) bond motifs is 1. The molecule has 0 aromatic carbocycles. The molecule has 0 fully saturated rings. The Kier molecular flexibility index (Phi) is 4.28. The first kappa shape index (κ1) is 16.9. The Morgan fingerprint density at radius 3 is 2.05 bits per heavy atom. The van der Waals surface area contributed by atoms with Gasteiger partial charge in [0, 0.05) is 19.3 Å². The van der Waals surface area contributed by atoms with E-state index in [-0.39, 0.29) is 10.8 Å². The van der Waals surface area contributed by atoms with E-state index in [9.17, 15) is 0 Å². The van der Waals surface area contributed by atoms with Crippen molar-refractivity contribution in [1.82, 2.24) is 4.98 Å². The first-order valence-corrected chi connectivity index (χ1v) is 11.2. The van der Waals surface area contributed by atoms with Crippen molar-refractivity contribution >= 4 is 40.7 Å². The Bertz CT molecular complexity index is 475. The molecule has 0 aliphatic carbocycles. The van der Waals surface area contributed by atoms with Crippen LogP contribution >= 0.6 is 22.2 Å². The Morgan fingerprint density at radius 2 is 1.52 bits per heavy atom. The van der Waals surface area contributed by atoms with Gasteiger partial charge in [-0.15, -0.1) is 0 Å². The second kappa shape index (κ2) is 5.32. The molecular weight excluding hydrogens is 321 g/mol. The van der Waals surface area contributed by atoms with Crippen molar-refractivity contribution in [3.8, 4) is 0 Å². The highest BCUT2D eigenvalue weighted by molar-refractivity contribution is 7.48. The summed E-state index contributed by atoms with van der Waals surface area (Å²) in [7, 11) is -2.77. The molecule has 1 aliphatic heterocycles. The second-order valence-electron chi connectivity index (χ2n) is 8.15. The van der Waals surface area contributed by atoms with Crippen LogP contribution in [0.25, 0.3) is 0 Å². The van der Waals surface area contributed by atoms with Crippen molar-refractivity contribution in [3.63, 3.8) is 0 Å². The molecule has 0 bridgehead atoms. The number of anilines is 2. The number of hydrogen-bond acceptors (Lipinski definition) is 3. The summed E-state index contributed by atoms with van der Waals surface area (Å²) in [6.45, 7) is 14.8. The van der Waals surface area contributed by atoms with Gasteiger partial charge in [-0.1, -0.05) is 63.7 Å². The van der Waals surface area contributed by atoms with E-state index in [0.717, 1.165) is 24.6 Å². The Balaban J connectivity index is 2.45. The van der Waals surface area contributed by atoms with Crippen LogP contribution in [0.1, 0.15) is 41.5 Å². The minimum absolute atomic E-state index is 0.106. The molecule has 0 atom stereocenters. The summed E-state index contributed by atoms with van der Waals surface area (Å²) < 4.78 is 4.32. The predicted molar refractivity (Wildman–Crippen MR) is 95.3 cm³/mol. The van der Waals surface area contributed by atoms with E-state index in [1.165, 1.54) is 0 Å². The zero-order valence-corrected chi connectivity index (χ0v) is 16.3. The minimum Gasteiger partial charge on any atom is -0.354 e. The molecule has 0 saturated carbocycles. The highest BCUT2D eigenvalue weighted by atomic mass is 35.7. The topological polar surface area (TPSA) is 19.4 Å². The molecular formula is C15H25Cl2N3Si. The lowest BCUT2D eigenvalue weighted by Crippen LogP contribution is -2.58. The fraction of sp³-hybridized carbons (Fsp3) is 0.667. The highest BCUT2D eigenvalue weighted by Crippen LogP contribution is 2.47. The van der Waals surface area contributed by atoms with Crippen LogP contribution in [-0.2, 0) is 0 Å². The number of pyridine rings is 1. The third-order valence-corrected chi connectivity index (χ3v) is 7.74. The van der Waals surface area contributed by atoms with E-state index in [0.29, 0.717) is 0 Å². The smallest absolute Gasteiger partial charge is 0.354 e. The van der Waals surface area contributed by atoms with Crippen LogP contribution < -0.4 is 9.13 Å². The van der Waals surface area contributed by atoms with Gasteiger partial charge in [0.1, 0.15) is 5.82 Å². The summed E-state index contributed by atoms with van der Waals surface area (Å²) in [6, 6.07) is 4.02. The Morgan fingerprint density at radius 1 is 1.00 bits per heavy atom. The van der Waals surface area contributed by atoms with Gasteiger partial charge in [0.2, 0.25) is 0 Å². The molecule has 6 heteroatoms. The second-order valence-corrected chi connectivity index (χ2v) is 14.0. The van der Waals surface area contributed by atoms with Crippen molar-refractivity contribution in [1.29, 1.82) is 0 Å². The summed E-state index contributed by atoms with van der Waals surface area (Å²) in [6.07, 6.45) is 1.81. The largest absolute Gasteiger partial charge is 0.471 e. The molecule has 0 spiro atoms. The number of nitrogens with zero attached hydrogens (tertiary/aromatic N) is 3. The Hall–Kier alpha value is -0.453. The maximum Gasteiger partial charge on any atom is 0.471 e. The van der Waals surface area contributed by atoms with Crippen LogP contribution in [0.15, 0.2) is 18.3 Å². The summed E-state index contributed by atoms with van der Waals surface area (Å²) in [5, 5.41) is 0. The van der Waals surface area contributed by atoms with Gasteiger partial charge < -0.3 is 9.13 Å². The summed E-state index contributed by atoms with van der Waals surface area (Å²) in [5.41, 5.74) is 1.29. The van der Waals surface area contributed by atoms with Crippen molar-refractivity contribution in [2.24, 2.45) is 10.8 Å². The van der Waals surface area contributed by atoms with Gasteiger partial charge in [-0.25, -0.2) is 4.98 Å². The molecule has 0 radical (unpaired) electrons. The highest BCUT2D eigenvalue weighted by Gasteiger charge is 2.54. The van der Waals surface area contributed by atoms with Gasteiger partial charge in [0.15, 0.2) is 0 Å². The lowest BCUT2D eigenvalue weighted by atomic mass is 9.96. The molecule has 118 valence electrons. The van der Waals surface area contributed by atoms with Gasteiger partial charge in [0.25, 0.3) is 0 Å². The summed E-state index contributed by atoms with van der Waals surface area (Å²) >= 11 is 13.8. The average molecular weight is 346 g/mol. The van der Waals surface area contributed by atoms with Crippen molar-refractivity contribution in [3.05, 3.63) is 18.3 Å². The van der Waals surface area contributed by atoms with E-state index in [1.54, 1.807) is 0 Å². The van der Waals surface area contributed by atoms with E-state index < -0.39 is 7.02 Å². The van der Waals surface area contributed by atoms with E-state index in [2.05, 4.69) is 61.7 Å². The van der Waals surface area contributed by atoms with Crippen molar-refractivity contribution in [2.75, 3.05) is 22.2 Å². The first-order chi connectivity index (χ1) is 9.42. The molecule has 0 unspecified atom stereocenters. The fourth-order valence-corrected chi connectivity index (χ4v) is 6.78. The lowest BCUT2D eigenvalue weighted by molar-refractivity contribution is 0.424. The normalized spacial score (nSPS) is 18.1. The van der Waals surface area contributed by atoms with Crippen LogP contribution in [-0.4, -0.2) is 25.1 Å². The molecule has 3 nitrogen and oxygen atoms in total. The van der Waals surface area contributed by atoms with Gasteiger partial charge in [-0.3, -0.25) is 0 Å². The molecule has 2 rings (SSSR count). The van der Waals surface area contributed by atoms with Gasteiger partial charge in [0.05, 0.1) is 5.69 Å². The third-order valence-electron chi connectivity index (χ3n) is 3.23.